The van der Waals surface area contributed by atoms with Crippen LogP contribution in [-0.2, 0) is 20.0 Å². The zero-order valence-electron chi connectivity index (χ0n) is 13.4. The van der Waals surface area contributed by atoms with Gasteiger partial charge in [0, 0.05) is 6.54 Å². The molecule has 0 unspecified atom stereocenters. The van der Waals surface area contributed by atoms with Gasteiger partial charge in [-0.3, -0.25) is 0 Å². The van der Waals surface area contributed by atoms with Gasteiger partial charge in [0.2, 0.25) is 20.0 Å². The second kappa shape index (κ2) is 9.53. The maximum Gasteiger partial charge on any atom is 0.240 e. The van der Waals surface area contributed by atoms with E-state index in [0.717, 1.165) is 12.8 Å². The number of rotatable bonds is 6. The molecule has 2 aromatic carbocycles. The minimum absolute atomic E-state index is 0.148. The first-order valence-corrected chi connectivity index (χ1v) is 10.4. The molecule has 0 amide bonds. The van der Waals surface area contributed by atoms with E-state index in [1.54, 1.807) is 48.5 Å². The second-order valence-corrected chi connectivity index (χ2v) is 8.25. The SMILES string of the molecule is CCCCNS(=O)(=O)c1ccccc1.NS(=O)(=O)c1ccccc1. The standard InChI is InChI=1S/C10H15NO2S.C6H7NO2S/c1-2-3-9-11-14(12,13)10-7-5-4-6-8-10;7-10(8,9)6-4-2-1-3-5-6/h4-8,11H,2-3,9H2,1H3;1-5H,(H2,7,8,9). The summed E-state index contributed by atoms with van der Waals surface area (Å²) in [4.78, 5) is 0.478. The molecule has 0 fully saturated rings. The number of primary sulfonamides is 1. The van der Waals surface area contributed by atoms with Gasteiger partial charge in [-0.05, 0) is 30.7 Å². The van der Waals surface area contributed by atoms with Gasteiger partial charge >= 0.3 is 0 Å². The molecule has 0 bridgehead atoms. The van der Waals surface area contributed by atoms with E-state index in [1.807, 2.05) is 6.92 Å². The predicted molar refractivity (Wildman–Crippen MR) is 94.4 cm³/mol. The molecule has 0 aliphatic heterocycles. The smallest absolute Gasteiger partial charge is 0.225 e. The van der Waals surface area contributed by atoms with E-state index in [2.05, 4.69) is 4.72 Å². The molecule has 3 N–H and O–H groups in total. The van der Waals surface area contributed by atoms with Gasteiger partial charge in [-0.2, -0.15) is 0 Å². The van der Waals surface area contributed by atoms with Crippen molar-refractivity contribution in [2.75, 3.05) is 6.54 Å². The first-order valence-electron chi connectivity index (χ1n) is 7.40. The molecule has 0 spiro atoms. The minimum Gasteiger partial charge on any atom is -0.225 e. The number of hydrogen-bond acceptors (Lipinski definition) is 4. The van der Waals surface area contributed by atoms with Crippen molar-refractivity contribution in [3.63, 3.8) is 0 Å². The number of nitrogens with two attached hydrogens (primary N) is 1. The Labute approximate surface area is 143 Å². The Bertz CT molecular complexity index is 806. The Morgan fingerprint density at radius 3 is 1.67 bits per heavy atom. The van der Waals surface area contributed by atoms with Crippen LogP contribution in [0.2, 0.25) is 0 Å². The van der Waals surface area contributed by atoms with E-state index < -0.39 is 20.0 Å². The van der Waals surface area contributed by atoms with Crippen LogP contribution in [0.4, 0.5) is 0 Å². The maximum absolute atomic E-state index is 11.6. The van der Waals surface area contributed by atoms with Crippen molar-refractivity contribution >= 4 is 20.0 Å². The summed E-state index contributed by atoms with van der Waals surface area (Å²) in [7, 11) is -6.79. The van der Waals surface area contributed by atoms with Crippen molar-refractivity contribution in [1.29, 1.82) is 0 Å². The summed E-state index contributed by atoms with van der Waals surface area (Å²) in [5.74, 6) is 0. The highest BCUT2D eigenvalue weighted by Gasteiger charge is 2.11. The number of unbranched alkanes of at least 4 members (excludes halogenated alkanes) is 1. The highest BCUT2D eigenvalue weighted by atomic mass is 32.2. The molecule has 6 nitrogen and oxygen atoms in total. The van der Waals surface area contributed by atoms with Crippen molar-refractivity contribution in [1.82, 2.24) is 4.72 Å². The van der Waals surface area contributed by atoms with Crippen LogP contribution >= 0.6 is 0 Å². The van der Waals surface area contributed by atoms with Crippen LogP contribution in [0.5, 0.6) is 0 Å². The Hall–Kier alpha value is -1.74. The fourth-order valence-corrected chi connectivity index (χ4v) is 3.31. The van der Waals surface area contributed by atoms with Gasteiger partial charge in [0.1, 0.15) is 0 Å². The van der Waals surface area contributed by atoms with Gasteiger partial charge in [0.05, 0.1) is 9.79 Å². The average molecular weight is 370 g/mol. The van der Waals surface area contributed by atoms with Gasteiger partial charge in [-0.1, -0.05) is 49.7 Å². The van der Waals surface area contributed by atoms with Crippen LogP contribution in [0, 0.1) is 0 Å². The number of sulfonamides is 2. The molecule has 0 radical (unpaired) electrons. The van der Waals surface area contributed by atoms with Crippen molar-refractivity contribution in [3.05, 3.63) is 60.7 Å². The summed E-state index contributed by atoms with van der Waals surface area (Å²) in [6, 6.07) is 16.3. The van der Waals surface area contributed by atoms with E-state index in [4.69, 9.17) is 5.14 Å². The third kappa shape index (κ3) is 7.22. The van der Waals surface area contributed by atoms with Crippen LogP contribution in [0.1, 0.15) is 19.8 Å². The second-order valence-electron chi connectivity index (χ2n) is 4.92. The summed E-state index contributed by atoms with van der Waals surface area (Å²) in [6.45, 7) is 2.53. The van der Waals surface area contributed by atoms with Gasteiger partial charge in [-0.15, -0.1) is 0 Å². The summed E-state index contributed by atoms with van der Waals surface area (Å²) in [5.41, 5.74) is 0. The fourth-order valence-electron chi connectivity index (χ4n) is 1.68. The van der Waals surface area contributed by atoms with Crippen LogP contribution in [0.15, 0.2) is 70.5 Å². The van der Waals surface area contributed by atoms with Crippen LogP contribution in [-0.4, -0.2) is 23.4 Å². The summed E-state index contributed by atoms with van der Waals surface area (Å²) in [5, 5.41) is 4.83. The highest BCUT2D eigenvalue weighted by molar-refractivity contribution is 7.89. The molecule has 2 rings (SSSR count). The highest BCUT2D eigenvalue weighted by Crippen LogP contribution is 2.06. The molecule has 0 saturated heterocycles. The quantitative estimate of drug-likeness (QED) is 0.759. The Kier molecular flexibility index (Phi) is 8.06. The molecule has 0 atom stereocenters. The Balaban J connectivity index is 0.000000254. The molecule has 24 heavy (non-hydrogen) atoms. The zero-order chi connectivity index (χ0) is 18.1. The maximum atomic E-state index is 11.6. The summed E-state index contributed by atoms with van der Waals surface area (Å²) < 4.78 is 47.0. The zero-order valence-corrected chi connectivity index (χ0v) is 15.1. The van der Waals surface area contributed by atoms with E-state index >= 15 is 0 Å². The van der Waals surface area contributed by atoms with Gasteiger partial charge < -0.3 is 0 Å². The molecule has 0 heterocycles. The lowest BCUT2D eigenvalue weighted by Crippen LogP contribution is -2.24. The fraction of sp³-hybridized carbons (Fsp3) is 0.250. The van der Waals surface area contributed by atoms with Crippen molar-refractivity contribution in [3.8, 4) is 0 Å². The number of hydrogen-bond donors (Lipinski definition) is 2. The van der Waals surface area contributed by atoms with Crippen molar-refractivity contribution in [2.24, 2.45) is 5.14 Å². The minimum atomic E-state index is -3.50. The molecule has 0 aliphatic rings. The van der Waals surface area contributed by atoms with Gasteiger partial charge in [0.25, 0.3) is 0 Å². The first kappa shape index (κ1) is 20.3. The molecule has 8 heteroatoms. The monoisotopic (exact) mass is 370 g/mol. The van der Waals surface area contributed by atoms with Crippen LogP contribution in [0.3, 0.4) is 0 Å². The van der Waals surface area contributed by atoms with Crippen LogP contribution < -0.4 is 9.86 Å². The normalized spacial score (nSPS) is 11.4. The molecule has 2 aromatic rings. The average Bonchev–Trinajstić information content (AvgIpc) is 2.56. The third-order valence-corrected chi connectivity index (χ3v) is 5.35. The lowest BCUT2D eigenvalue weighted by molar-refractivity contribution is 0.578. The Morgan fingerprint density at radius 1 is 0.833 bits per heavy atom. The molecule has 0 aromatic heterocycles. The van der Waals surface area contributed by atoms with E-state index in [1.165, 1.54) is 12.1 Å². The van der Waals surface area contributed by atoms with E-state index in [-0.39, 0.29) is 4.90 Å². The number of nitrogens with one attached hydrogen (secondary N) is 1. The van der Waals surface area contributed by atoms with Gasteiger partial charge in [-0.25, -0.2) is 26.7 Å². The predicted octanol–water partition coefficient (Wildman–Crippen LogP) is 2.10. The summed E-state index contributed by atoms with van der Waals surface area (Å²) >= 11 is 0. The molecule has 132 valence electrons. The molecular weight excluding hydrogens is 348 g/mol. The molecular formula is C16H22N2O4S2. The lowest BCUT2D eigenvalue weighted by Gasteiger charge is -2.04. The van der Waals surface area contributed by atoms with Gasteiger partial charge in [0.15, 0.2) is 0 Å². The first-order chi connectivity index (χ1) is 11.3. The topological polar surface area (TPSA) is 106 Å². The molecule has 0 saturated carbocycles. The molecule has 0 aliphatic carbocycles. The van der Waals surface area contributed by atoms with E-state index in [9.17, 15) is 16.8 Å². The van der Waals surface area contributed by atoms with E-state index in [0.29, 0.717) is 11.4 Å². The third-order valence-electron chi connectivity index (χ3n) is 2.95. The lowest BCUT2D eigenvalue weighted by atomic mass is 10.3. The van der Waals surface area contributed by atoms with Crippen molar-refractivity contribution in [2.45, 2.75) is 29.6 Å². The summed E-state index contributed by atoms with van der Waals surface area (Å²) in [6.07, 6.45) is 1.85. The Morgan fingerprint density at radius 2 is 1.29 bits per heavy atom. The largest absolute Gasteiger partial charge is 0.240 e. The van der Waals surface area contributed by atoms with Crippen LogP contribution in [0.25, 0.3) is 0 Å². The van der Waals surface area contributed by atoms with Crippen molar-refractivity contribution < 1.29 is 16.8 Å². The number of benzene rings is 2.